The molecular weight excluding hydrogens is 474 g/mol. The Bertz CT molecular complexity index is 1240. The monoisotopic (exact) mass is 511 g/mol. The molecule has 2 heterocycles. The van der Waals surface area contributed by atoms with Crippen LogP contribution in [0.3, 0.4) is 0 Å². The number of benzene rings is 2. The number of para-hydroxylation sites is 1. The van der Waals surface area contributed by atoms with Gasteiger partial charge in [0.2, 0.25) is 5.91 Å². The van der Waals surface area contributed by atoms with Gasteiger partial charge in [0.1, 0.15) is 0 Å². The van der Waals surface area contributed by atoms with E-state index >= 15 is 0 Å². The summed E-state index contributed by atoms with van der Waals surface area (Å²) in [4.78, 5) is 29.5. The Morgan fingerprint density at radius 2 is 1.82 bits per heavy atom. The summed E-state index contributed by atoms with van der Waals surface area (Å²) >= 11 is 0. The number of hydrogen-bond donors (Lipinski definition) is 3. The molecule has 2 aliphatic carbocycles. The maximum absolute atomic E-state index is 14.3. The maximum Gasteiger partial charge on any atom is 0.251 e. The van der Waals surface area contributed by atoms with E-state index < -0.39 is 0 Å². The second-order valence-corrected chi connectivity index (χ2v) is 11.2. The molecule has 0 aromatic heterocycles. The smallest absolute Gasteiger partial charge is 0.251 e. The molecule has 6 heteroatoms. The van der Waals surface area contributed by atoms with Gasteiger partial charge in [0.15, 0.2) is 0 Å². The van der Waals surface area contributed by atoms with Crippen molar-refractivity contribution in [3.63, 3.8) is 0 Å². The minimum Gasteiger partial charge on any atom is -0.392 e. The number of hydrogen-bond acceptors (Lipinski definition) is 4. The van der Waals surface area contributed by atoms with E-state index in [0.29, 0.717) is 17.4 Å². The molecule has 6 atom stereocenters. The molecule has 38 heavy (non-hydrogen) atoms. The van der Waals surface area contributed by atoms with Crippen molar-refractivity contribution in [2.24, 2.45) is 17.8 Å². The van der Waals surface area contributed by atoms with Gasteiger partial charge in [-0.2, -0.15) is 0 Å². The minimum atomic E-state index is -0.207. The van der Waals surface area contributed by atoms with Crippen LogP contribution < -0.4 is 10.6 Å². The van der Waals surface area contributed by atoms with Crippen LogP contribution >= 0.6 is 0 Å². The van der Waals surface area contributed by atoms with E-state index in [1.165, 1.54) is 5.56 Å². The van der Waals surface area contributed by atoms with Crippen molar-refractivity contribution >= 4 is 17.5 Å². The van der Waals surface area contributed by atoms with E-state index in [4.69, 9.17) is 0 Å². The standard InChI is InChI=1S/C32H37N3O3/c36-20-21-14-16-23(17-15-21)31(37)34-28-13-7-5-11-25(28)32(38)35-19-18-26-29(22-8-2-1-3-9-22)33-27-12-6-4-10-24(27)30(26)35/h1-4,6,8,10,12,14-17,22,25-26,28-30,33,36H,5,7,9,11,13,18-20H2,(H,34,37)/t22?,25-,26+,28+,29-,30-/m0/s1. The van der Waals surface area contributed by atoms with Crippen molar-refractivity contribution < 1.29 is 14.7 Å². The highest BCUT2D eigenvalue weighted by Gasteiger charge is 2.49. The Morgan fingerprint density at radius 3 is 2.61 bits per heavy atom. The van der Waals surface area contributed by atoms with E-state index in [0.717, 1.165) is 56.3 Å². The normalized spacial score (nSPS) is 29.8. The summed E-state index contributed by atoms with van der Waals surface area (Å²) in [6, 6.07) is 15.7. The summed E-state index contributed by atoms with van der Waals surface area (Å²) in [5.41, 5.74) is 3.69. The number of aliphatic hydroxyl groups excluding tert-OH is 1. The average Bonchev–Trinajstić information content (AvgIpc) is 3.43. The number of nitrogens with zero attached hydrogens (tertiary/aromatic N) is 1. The summed E-state index contributed by atoms with van der Waals surface area (Å²) in [6.45, 7) is 0.707. The molecule has 2 aliphatic heterocycles. The van der Waals surface area contributed by atoms with E-state index in [-0.39, 0.29) is 42.5 Å². The van der Waals surface area contributed by atoms with E-state index in [1.807, 2.05) is 0 Å². The molecule has 6 rings (SSSR count). The molecular formula is C32H37N3O3. The Hall–Kier alpha value is -3.38. The van der Waals surface area contributed by atoms with Gasteiger partial charge in [-0.3, -0.25) is 9.59 Å². The highest BCUT2D eigenvalue weighted by atomic mass is 16.3. The van der Waals surface area contributed by atoms with Gasteiger partial charge in [0.05, 0.1) is 18.6 Å². The number of anilines is 1. The number of amides is 2. The zero-order valence-electron chi connectivity index (χ0n) is 21.8. The number of nitrogens with one attached hydrogen (secondary N) is 2. The van der Waals surface area contributed by atoms with Crippen molar-refractivity contribution in [2.45, 2.75) is 63.3 Å². The van der Waals surface area contributed by atoms with Gasteiger partial charge in [-0.15, -0.1) is 0 Å². The number of aliphatic hydroxyl groups is 1. The quantitative estimate of drug-likeness (QED) is 0.529. The summed E-state index contributed by atoms with van der Waals surface area (Å²) in [7, 11) is 0. The third-order valence-corrected chi connectivity index (χ3v) is 9.06. The van der Waals surface area contributed by atoms with Crippen molar-refractivity contribution in [1.82, 2.24) is 10.2 Å². The fraction of sp³-hybridized carbons (Fsp3) is 0.438. The lowest BCUT2D eigenvalue weighted by Crippen LogP contribution is -2.51. The van der Waals surface area contributed by atoms with Crippen molar-refractivity contribution in [3.8, 4) is 0 Å². The molecule has 3 N–H and O–H groups in total. The Kier molecular flexibility index (Phi) is 7.07. The van der Waals surface area contributed by atoms with Crippen LogP contribution in [-0.4, -0.2) is 40.4 Å². The molecule has 2 fully saturated rings. The first-order valence-corrected chi connectivity index (χ1v) is 14.1. The average molecular weight is 512 g/mol. The van der Waals surface area contributed by atoms with Crippen molar-refractivity contribution in [1.29, 1.82) is 0 Å². The third-order valence-electron chi connectivity index (χ3n) is 9.06. The first-order chi connectivity index (χ1) is 18.6. The van der Waals surface area contributed by atoms with Crippen molar-refractivity contribution in [3.05, 3.63) is 89.5 Å². The topological polar surface area (TPSA) is 81.7 Å². The van der Waals surface area contributed by atoms with Gasteiger partial charge in [0.25, 0.3) is 5.91 Å². The first kappa shape index (κ1) is 24.9. The van der Waals surface area contributed by atoms with Crippen LogP contribution in [0.1, 0.15) is 66.1 Å². The zero-order valence-corrected chi connectivity index (χ0v) is 21.8. The second kappa shape index (κ2) is 10.8. The number of allylic oxidation sites excluding steroid dienone is 3. The van der Waals surface area contributed by atoms with E-state index in [1.54, 1.807) is 24.3 Å². The van der Waals surface area contributed by atoms with Gasteiger partial charge < -0.3 is 20.6 Å². The molecule has 1 saturated carbocycles. The van der Waals surface area contributed by atoms with Gasteiger partial charge in [-0.05, 0) is 55.0 Å². The molecule has 0 bridgehead atoms. The summed E-state index contributed by atoms with van der Waals surface area (Å²) in [5, 5.41) is 16.4. The number of carbonyl (C=O) groups is 2. The molecule has 2 aromatic carbocycles. The van der Waals surface area contributed by atoms with Crippen LogP contribution in [0.25, 0.3) is 0 Å². The van der Waals surface area contributed by atoms with Gasteiger partial charge in [-0.1, -0.05) is 67.5 Å². The minimum absolute atomic E-state index is 0.0493. The predicted octanol–water partition coefficient (Wildman–Crippen LogP) is 4.98. The molecule has 2 aromatic rings. The van der Waals surface area contributed by atoms with Gasteiger partial charge >= 0.3 is 0 Å². The van der Waals surface area contributed by atoms with Crippen LogP contribution in [0.4, 0.5) is 5.69 Å². The van der Waals surface area contributed by atoms with Gasteiger partial charge in [0, 0.05) is 41.7 Å². The Balaban J connectivity index is 1.23. The number of rotatable bonds is 5. The first-order valence-electron chi connectivity index (χ1n) is 14.1. The fourth-order valence-corrected chi connectivity index (χ4v) is 7.13. The Morgan fingerprint density at radius 1 is 1.00 bits per heavy atom. The predicted molar refractivity (Wildman–Crippen MR) is 148 cm³/mol. The number of fused-ring (bicyclic) bond motifs is 3. The lowest BCUT2D eigenvalue weighted by molar-refractivity contribution is -0.139. The fourth-order valence-electron chi connectivity index (χ4n) is 7.13. The lowest BCUT2D eigenvalue weighted by Gasteiger charge is -2.44. The van der Waals surface area contributed by atoms with Crippen LogP contribution in [0, 0.1) is 17.8 Å². The molecule has 6 nitrogen and oxygen atoms in total. The molecule has 0 spiro atoms. The molecule has 2 amide bonds. The Labute approximate surface area is 224 Å². The third kappa shape index (κ3) is 4.66. The molecule has 1 unspecified atom stereocenters. The second-order valence-electron chi connectivity index (χ2n) is 11.2. The highest BCUT2D eigenvalue weighted by Crippen LogP contribution is 2.49. The van der Waals surface area contributed by atoms with Crippen LogP contribution in [0.2, 0.25) is 0 Å². The van der Waals surface area contributed by atoms with Crippen molar-refractivity contribution in [2.75, 3.05) is 11.9 Å². The van der Waals surface area contributed by atoms with E-state index in [2.05, 4.69) is 64.1 Å². The molecule has 4 aliphatic rings. The zero-order chi connectivity index (χ0) is 26.1. The summed E-state index contributed by atoms with van der Waals surface area (Å²) in [5.74, 6) is 0.600. The molecule has 198 valence electrons. The van der Waals surface area contributed by atoms with E-state index in [9.17, 15) is 14.7 Å². The van der Waals surface area contributed by atoms with Crippen LogP contribution in [0.15, 0.2) is 72.8 Å². The number of likely N-dealkylation sites (tertiary alicyclic amines) is 1. The SMILES string of the molecule is O=C(N[C@@H]1CCCC[C@@H]1C(=O)N1CC[C@@H]2[C@H](C3C=CC=CC3)Nc3ccccc3[C@@H]21)c1ccc(CO)cc1. The summed E-state index contributed by atoms with van der Waals surface area (Å²) in [6.07, 6.45) is 14.5. The van der Waals surface area contributed by atoms with Crippen LogP contribution in [0.5, 0.6) is 0 Å². The van der Waals surface area contributed by atoms with Crippen LogP contribution in [-0.2, 0) is 11.4 Å². The summed E-state index contributed by atoms with van der Waals surface area (Å²) < 4.78 is 0. The maximum atomic E-state index is 14.3. The van der Waals surface area contributed by atoms with Gasteiger partial charge in [-0.25, -0.2) is 0 Å². The highest BCUT2D eigenvalue weighted by molar-refractivity contribution is 5.95. The lowest BCUT2D eigenvalue weighted by atomic mass is 9.75. The number of carbonyl (C=O) groups excluding carboxylic acids is 2. The molecule has 0 radical (unpaired) electrons. The molecule has 1 saturated heterocycles. The largest absolute Gasteiger partial charge is 0.392 e.